The van der Waals surface area contributed by atoms with Crippen LogP contribution in [0.25, 0.3) is 0 Å². The molecule has 6 nitrogen and oxygen atoms in total. The van der Waals surface area contributed by atoms with E-state index < -0.39 is 0 Å². The van der Waals surface area contributed by atoms with Gasteiger partial charge >= 0.3 is 0 Å². The maximum atomic E-state index is 11.6. The van der Waals surface area contributed by atoms with Crippen molar-refractivity contribution in [1.82, 2.24) is 9.88 Å². The van der Waals surface area contributed by atoms with Crippen LogP contribution < -0.4 is 5.32 Å². The number of likely N-dealkylation sites (tertiary alicyclic amines) is 1. The van der Waals surface area contributed by atoms with Gasteiger partial charge < -0.3 is 5.32 Å². The summed E-state index contributed by atoms with van der Waals surface area (Å²) in [4.78, 5) is 39.5. The van der Waals surface area contributed by atoms with Gasteiger partial charge in [0, 0.05) is 32.0 Å². The van der Waals surface area contributed by atoms with E-state index in [1.165, 1.54) is 4.90 Å². The number of carbonyl (C=O) groups excluding carboxylic acids is 3. The van der Waals surface area contributed by atoms with Gasteiger partial charge in [0.1, 0.15) is 5.82 Å². The van der Waals surface area contributed by atoms with Crippen LogP contribution in [0.5, 0.6) is 0 Å². The molecule has 1 aromatic heterocycles. The first-order chi connectivity index (χ1) is 9.16. The van der Waals surface area contributed by atoms with E-state index in [0.29, 0.717) is 31.6 Å². The molecule has 1 aliphatic heterocycles. The van der Waals surface area contributed by atoms with Gasteiger partial charge in [0.25, 0.3) is 0 Å². The SMILES string of the molecule is O=C(CCCN1C(=O)CCC1=O)Nc1ccccn1. The Kier molecular flexibility index (Phi) is 4.22. The smallest absolute Gasteiger partial charge is 0.229 e. The highest BCUT2D eigenvalue weighted by molar-refractivity contribution is 6.01. The number of rotatable bonds is 5. The molecule has 1 fully saturated rings. The number of imide groups is 1. The van der Waals surface area contributed by atoms with Gasteiger partial charge in [-0.3, -0.25) is 19.3 Å². The normalized spacial score (nSPS) is 14.8. The van der Waals surface area contributed by atoms with E-state index in [2.05, 4.69) is 10.3 Å². The Hall–Kier alpha value is -2.24. The molecule has 1 N–H and O–H groups in total. The fourth-order valence-electron chi connectivity index (χ4n) is 1.91. The van der Waals surface area contributed by atoms with E-state index in [1.807, 2.05) is 0 Å². The largest absolute Gasteiger partial charge is 0.311 e. The summed E-state index contributed by atoms with van der Waals surface area (Å²) in [5.74, 6) is 0.0453. The third-order valence-electron chi connectivity index (χ3n) is 2.87. The zero-order valence-corrected chi connectivity index (χ0v) is 10.5. The molecule has 0 saturated carbocycles. The van der Waals surface area contributed by atoms with Gasteiger partial charge in [0.05, 0.1) is 0 Å². The highest BCUT2D eigenvalue weighted by atomic mass is 16.2. The number of carbonyl (C=O) groups is 3. The summed E-state index contributed by atoms with van der Waals surface area (Å²) in [6.45, 7) is 0.313. The van der Waals surface area contributed by atoms with Crippen LogP contribution in [0.15, 0.2) is 24.4 Å². The Morgan fingerprint density at radius 3 is 2.63 bits per heavy atom. The van der Waals surface area contributed by atoms with Gasteiger partial charge in [-0.2, -0.15) is 0 Å². The van der Waals surface area contributed by atoms with Crippen molar-refractivity contribution in [2.45, 2.75) is 25.7 Å². The summed E-state index contributed by atoms with van der Waals surface area (Å²) in [5, 5.41) is 2.65. The van der Waals surface area contributed by atoms with E-state index >= 15 is 0 Å². The monoisotopic (exact) mass is 261 g/mol. The predicted octanol–water partition coefficient (Wildman–Crippen LogP) is 0.949. The molecule has 0 atom stereocenters. The molecule has 0 bridgehead atoms. The van der Waals surface area contributed by atoms with Gasteiger partial charge in [0.15, 0.2) is 0 Å². The van der Waals surface area contributed by atoms with Crippen LogP contribution in [-0.2, 0) is 14.4 Å². The number of hydrogen-bond acceptors (Lipinski definition) is 4. The minimum atomic E-state index is -0.169. The lowest BCUT2D eigenvalue weighted by molar-refractivity contribution is -0.138. The topological polar surface area (TPSA) is 79.4 Å². The van der Waals surface area contributed by atoms with Crippen molar-refractivity contribution in [3.8, 4) is 0 Å². The highest BCUT2D eigenvalue weighted by Crippen LogP contribution is 2.12. The van der Waals surface area contributed by atoms with Gasteiger partial charge in [-0.05, 0) is 18.6 Å². The van der Waals surface area contributed by atoms with E-state index in [9.17, 15) is 14.4 Å². The van der Waals surface area contributed by atoms with E-state index in [0.717, 1.165) is 0 Å². The average Bonchev–Trinajstić information content (AvgIpc) is 2.71. The summed E-state index contributed by atoms with van der Waals surface area (Å²) >= 11 is 0. The first kappa shape index (κ1) is 13.2. The molecule has 2 rings (SSSR count). The van der Waals surface area contributed by atoms with Gasteiger partial charge in [-0.1, -0.05) is 6.07 Å². The van der Waals surface area contributed by atoms with Crippen molar-refractivity contribution in [3.63, 3.8) is 0 Å². The first-order valence-corrected chi connectivity index (χ1v) is 6.21. The molecule has 1 aliphatic rings. The van der Waals surface area contributed by atoms with Crippen LogP contribution in [0.4, 0.5) is 5.82 Å². The van der Waals surface area contributed by atoms with Gasteiger partial charge in [-0.15, -0.1) is 0 Å². The number of anilines is 1. The number of nitrogens with one attached hydrogen (secondary N) is 1. The molecule has 1 aromatic rings. The fourth-order valence-corrected chi connectivity index (χ4v) is 1.91. The molecular weight excluding hydrogens is 246 g/mol. The van der Waals surface area contributed by atoms with Crippen LogP contribution in [0.2, 0.25) is 0 Å². The average molecular weight is 261 g/mol. The molecule has 0 aromatic carbocycles. The lowest BCUT2D eigenvalue weighted by atomic mass is 10.2. The molecule has 19 heavy (non-hydrogen) atoms. The molecule has 1 saturated heterocycles. The summed E-state index contributed by atoms with van der Waals surface area (Å²) in [6, 6.07) is 5.25. The molecule has 0 aliphatic carbocycles. The second-order valence-corrected chi connectivity index (χ2v) is 4.31. The van der Waals surface area contributed by atoms with Gasteiger partial charge in [-0.25, -0.2) is 4.98 Å². The maximum absolute atomic E-state index is 11.6. The Morgan fingerprint density at radius 1 is 1.26 bits per heavy atom. The molecular formula is C13H15N3O3. The molecule has 0 radical (unpaired) electrons. The van der Waals surface area contributed by atoms with Crippen molar-refractivity contribution in [2.24, 2.45) is 0 Å². The van der Waals surface area contributed by atoms with E-state index in [1.54, 1.807) is 24.4 Å². The number of amides is 3. The van der Waals surface area contributed by atoms with Crippen molar-refractivity contribution in [2.75, 3.05) is 11.9 Å². The highest BCUT2D eigenvalue weighted by Gasteiger charge is 2.28. The molecule has 100 valence electrons. The Morgan fingerprint density at radius 2 is 2.00 bits per heavy atom. The number of nitrogens with zero attached hydrogens (tertiary/aromatic N) is 2. The van der Waals surface area contributed by atoms with Crippen molar-refractivity contribution >= 4 is 23.5 Å². The van der Waals surface area contributed by atoms with Crippen LogP contribution in [-0.4, -0.2) is 34.2 Å². The standard InChI is InChI=1S/C13H15N3O3/c17-11(15-10-4-1-2-8-14-10)5-3-9-16-12(18)6-7-13(16)19/h1-2,4,8H,3,5-7,9H2,(H,14,15,17). The lowest BCUT2D eigenvalue weighted by Gasteiger charge is -2.12. The van der Waals surface area contributed by atoms with Crippen molar-refractivity contribution in [1.29, 1.82) is 0 Å². The number of pyridine rings is 1. The molecule has 2 heterocycles. The van der Waals surface area contributed by atoms with Crippen LogP contribution >= 0.6 is 0 Å². The molecule has 6 heteroatoms. The maximum Gasteiger partial charge on any atom is 0.229 e. The Bertz CT molecular complexity index is 471. The summed E-state index contributed by atoms with van der Waals surface area (Å²) in [6.07, 6.45) is 2.90. The third kappa shape index (κ3) is 3.61. The Balaban J connectivity index is 1.72. The second-order valence-electron chi connectivity index (χ2n) is 4.31. The molecule has 0 spiro atoms. The number of aromatic nitrogens is 1. The van der Waals surface area contributed by atoms with Crippen LogP contribution in [0.3, 0.4) is 0 Å². The number of hydrogen-bond donors (Lipinski definition) is 1. The summed E-state index contributed by atoms with van der Waals surface area (Å²) in [7, 11) is 0. The van der Waals surface area contributed by atoms with E-state index in [-0.39, 0.29) is 24.1 Å². The van der Waals surface area contributed by atoms with E-state index in [4.69, 9.17) is 0 Å². The van der Waals surface area contributed by atoms with Gasteiger partial charge in [0.2, 0.25) is 17.7 Å². The second kappa shape index (κ2) is 6.08. The summed E-state index contributed by atoms with van der Waals surface area (Å²) in [5.41, 5.74) is 0. The zero-order chi connectivity index (χ0) is 13.7. The lowest BCUT2D eigenvalue weighted by Crippen LogP contribution is -2.30. The Labute approximate surface area is 110 Å². The predicted molar refractivity (Wildman–Crippen MR) is 68.1 cm³/mol. The molecule has 0 unspecified atom stereocenters. The van der Waals surface area contributed by atoms with Crippen LogP contribution in [0.1, 0.15) is 25.7 Å². The quantitative estimate of drug-likeness (QED) is 0.800. The van der Waals surface area contributed by atoms with Crippen LogP contribution in [0, 0.1) is 0 Å². The van der Waals surface area contributed by atoms with Crippen molar-refractivity contribution < 1.29 is 14.4 Å². The third-order valence-corrected chi connectivity index (χ3v) is 2.87. The van der Waals surface area contributed by atoms with Crippen molar-refractivity contribution in [3.05, 3.63) is 24.4 Å². The molecule has 3 amide bonds. The fraction of sp³-hybridized carbons (Fsp3) is 0.385. The summed E-state index contributed by atoms with van der Waals surface area (Å²) < 4.78 is 0. The minimum Gasteiger partial charge on any atom is -0.311 e. The zero-order valence-electron chi connectivity index (χ0n) is 10.5. The minimum absolute atomic E-state index is 0.143. The first-order valence-electron chi connectivity index (χ1n) is 6.21.